The Morgan fingerprint density at radius 3 is 2.55 bits per heavy atom. The van der Waals surface area contributed by atoms with E-state index in [-0.39, 0.29) is 17.8 Å². The summed E-state index contributed by atoms with van der Waals surface area (Å²) in [5, 5.41) is 0.999. The van der Waals surface area contributed by atoms with Gasteiger partial charge < -0.3 is 15.0 Å². The second-order valence-electron chi connectivity index (χ2n) is 8.80. The minimum atomic E-state index is -0.630. The molecular formula is C23H29N3O3. The number of pyridine rings is 1. The van der Waals surface area contributed by atoms with Crippen molar-refractivity contribution in [3.63, 3.8) is 0 Å². The summed E-state index contributed by atoms with van der Waals surface area (Å²) in [5.74, 6) is 0.477. The smallest absolute Gasteiger partial charge is 0.419 e. The van der Waals surface area contributed by atoms with E-state index in [4.69, 9.17) is 10.5 Å². The maximum atomic E-state index is 13.1. The monoisotopic (exact) mass is 395 g/mol. The van der Waals surface area contributed by atoms with Gasteiger partial charge in [-0.25, -0.2) is 9.36 Å². The van der Waals surface area contributed by atoms with E-state index in [2.05, 4.69) is 19.9 Å². The molecule has 0 aliphatic rings. The van der Waals surface area contributed by atoms with Crippen LogP contribution in [-0.2, 0) is 17.7 Å². The largest absolute Gasteiger partial charge is 0.443 e. The van der Waals surface area contributed by atoms with Crippen LogP contribution < -0.4 is 11.3 Å². The highest BCUT2D eigenvalue weighted by molar-refractivity contribution is 5.93. The number of carbonyl (C=O) groups is 1. The summed E-state index contributed by atoms with van der Waals surface area (Å²) in [6.07, 6.45) is 2.11. The number of hydrogen-bond acceptors (Lipinski definition) is 4. The highest BCUT2D eigenvalue weighted by atomic mass is 16.6. The van der Waals surface area contributed by atoms with Crippen LogP contribution in [-0.4, -0.2) is 20.8 Å². The van der Waals surface area contributed by atoms with Gasteiger partial charge in [-0.1, -0.05) is 26.0 Å². The third kappa shape index (κ3) is 4.53. The van der Waals surface area contributed by atoms with E-state index in [1.165, 1.54) is 10.1 Å². The van der Waals surface area contributed by atoms with Gasteiger partial charge in [-0.3, -0.25) is 4.79 Å². The van der Waals surface area contributed by atoms with Gasteiger partial charge in [0.15, 0.2) is 0 Å². The van der Waals surface area contributed by atoms with Gasteiger partial charge in [-0.2, -0.15) is 0 Å². The Hall–Kier alpha value is -3.02. The minimum Gasteiger partial charge on any atom is -0.443 e. The van der Waals surface area contributed by atoms with E-state index in [0.717, 1.165) is 17.3 Å². The van der Waals surface area contributed by atoms with Gasteiger partial charge in [0.2, 0.25) is 0 Å². The number of nitrogens with zero attached hydrogens (tertiary/aromatic N) is 2. The van der Waals surface area contributed by atoms with Gasteiger partial charge in [-0.05, 0) is 62.9 Å². The summed E-state index contributed by atoms with van der Waals surface area (Å²) in [6.45, 7) is 10.1. The molecule has 1 aromatic carbocycles. The average Bonchev–Trinajstić information content (AvgIpc) is 2.96. The predicted molar refractivity (Wildman–Crippen MR) is 116 cm³/mol. The van der Waals surface area contributed by atoms with Gasteiger partial charge >= 0.3 is 6.09 Å². The van der Waals surface area contributed by atoms with Gasteiger partial charge in [0.1, 0.15) is 5.60 Å². The maximum Gasteiger partial charge on any atom is 0.419 e. The average molecular weight is 396 g/mol. The first kappa shape index (κ1) is 20.7. The van der Waals surface area contributed by atoms with Crippen LogP contribution in [0.4, 0.5) is 10.5 Å². The van der Waals surface area contributed by atoms with Crippen LogP contribution in [0.5, 0.6) is 0 Å². The number of benzene rings is 1. The molecule has 0 saturated heterocycles. The Kier molecular flexibility index (Phi) is 5.55. The van der Waals surface area contributed by atoms with E-state index < -0.39 is 11.7 Å². The Bertz CT molecular complexity index is 1100. The van der Waals surface area contributed by atoms with E-state index in [9.17, 15) is 9.59 Å². The fourth-order valence-corrected chi connectivity index (χ4v) is 3.46. The normalized spacial score (nSPS) is 11.9. The fourth-order valence-electron chi connectivity index (χ4n) is 3.46. The molecule has 0 fully saturated rings. The van der Waals surface area contributed by atoms with Crippen molar-refractivity contribution < 1.29 is 9.53 Å². The lowest BCUT2D eigenvalue weighted by atomic mass is 10.00. The van der Waals surface area contributed by atoms with Gasteiger partial charge in [0.25, 0.3) is 5.56 Å². The van der Waals surface area contributed by atoms with E-state index in [1.54, 1.807) is 22.9 Å². The molecule has 154 valence electrons. The van der Waals surface area contributed by atoms with Gasteiger partial charge in [0.05, 0.1) is 23.4 Å². The van der Waals surface area contributed by atoms with Crippen LogP contribution in [0.15, 0.2) is 47.4 Å². The first-order valence-electron chi connectivity index (χ1n) is 9.87. The lowest BCUT2D eigenvalue weighted by Gasteiger charge is -2.21. The van der Waals surface area contributed by atoms with E-state index in [1.807, 2.05) is 39.0 Å². The number of rotatable bonds is 4. The molecule has 0 aliphatic heterocycles. The quantitative estimate of drug-likeness (QED) is 0.709. The molecule has 2 N–H and O–H groups in total. The topological polar surface area (TPSA) is 79.2 Å². The number of ether oxygens (including phenoxy) is 1. The molecule has 2 aromatic heterocycles. The van der Waals surface area contributed by atoms with Crippen LogP contribution >= 0.6 is 0 Å². The number of anilines is 1. The first-order chi connectivity index (χ1) is 13.6. The van der Waals surface area contributed by atoms with Crippen molar-refractivity contribution in [1.82, 2.24) is 9.13 Å². The summed E-state index contributed by atoms with van der Waals surface area (Å²) >= 11 is 0. The number of carbonyl (C=O) groups excluding carboxylic acids is 1. The SMILES string of the molecule is CC(C)Cc1cccc2c1cc(Cn1cccc(N)c1=O)n2C(=O)OC(C)(C)C. The van der Waals surface area contributed by atoms with Crippen molar-refractivity contribution in [2.24, 2.45) is 5.92 Å². The molecule has 0 bridgehead atoms. The van der Waals surface area contributed by atoms with Crippen LogP contribution in [0.2, 0.25) is 0 Å². The molecule has 0 saturated carbocycles. The second kappa shape index (κ2) is 7.78. The van der Waals surface area contributed by atoms with Gasteiger partial charge in [0, 0.05) is 11.6 Å². The number of aromatic nitrogens is 2. The predicted octanol–water partition coefficient (Wildman–Crippen LogP) is 4.42. The number of nitrogen functional groups attached to an aromatic ring is 1. The Labute approximate surface area is 170 Å². The zero-order chi connectivity index (χ0) is 21.3. The van der Waals surface area contributed by atoms with Crippen molar-refractivity contribution in [2.45, 2.75) is 53.2 Å². The fraction of sp³-hybridized carbons (Fsp3) is 0.391. The molecule has 2 heterocycles. The molecule has 6 heteroatoms. The van der Waals surface area contributed by atoms with Crippen LogP contribution in [0.25, 0.3) is 10.9 Å². The van der Waals surface area contributed by atoms with Crippen molar-refractivity contribution in [3.8, 4) is 0 Å². The van der Waals surface area contributed by atoms with Crippen molar-refractivity contribution >= 4 is 22.7 Å². The summed E-state index contributed by atoms with van der Waals surface area (Å²) in [7, 11) is 0. The van der Waals surface area contributed by atoms with Crippen molar-refractivity contribution in [1.29, 1.82) is 0 Å². The molecule has 29 heavy (non-hydrogen) atoms. The maximum absolute atomic E-state index is 13.1. The van der Waals surface area contributed by atoms with Crippen LogP contribution in [0.3, 0.4) is 0 Å². The third-order valence-electron chi connectivity index (χ3n) is 4.60. The summed E-state index contributed by atoms with van der Waals surface area (Å²) in [6, 6.07) is 11.2. The number of fused-ring (bicyclic) bond motifs is 1. The zero-order valence-electron chi connectivity index (χ0n) is 17.7. The van der Waals surface area contributed by atoms with Crippen molar-refractivity contribution in [3.05, 3.63) is 64.2 Å². The molecule has 0 amide bonds. The highest BCUT2D eigenvalue weighted by Crippen LogP contribution is 2.27. The lowest BCUT2D eigenvalue weighted by molar-refractivity contribution is 0.0540. The first-order valence-corrected chi connectivity index (χ1v) is 9.87. The second-order valence-corrected chi connectivity index (χ2v) is 8.80. The molecule has 0 unspecified atom stereocenters. The number of nitrogens with two attached hydrogens (primary N) is 1. The number of hydrogen-bond donors (Lipinski definition) is 1. The standard InChI is InChI=1S/C23H29N3O3/c1-15(2)12-16-8-6-10-20-18(16)13-17(26(20)22(28)29-23(3,4)5)14-25-11-7-9-19(24)21(25)27/h6-11,13,15H,12,14,24H2,1-5H3. The summed E-state index contributed by atoms with van der Waals surface area (Å²) < 4.78 is 8.73. The molecular weight excluding hydrogens is 366 g/mol. The Morgan fingerprint density at radius 2 is 1.90 bits per heavy atom. The molecule has 0 spiro atoms. The van der Waals surface area contributed by atoms with E-state index in [0.29, 0.717) is 11.6 Å². The van der Waals surface area contributed by atoms with Crippen LogP contribution in [0, 0.1) is 5.92 Å². The van der Waals surface area contributed by atoms with Crippen LogP contribution in [0.1, 0.15) is 45.9 Å². The summed E-state index contributed by atoms with van der Waals surface area (Å²) in [5.41, 5.74) is 7.67. The molecule has 6 nitrogen and oxygen atoms in total. The Balaban J connectivity index is 2.18. The third-order valence-corrected chi connectivity index (χ3v) is 4.60. The van der Waals surface area contributed by atoms with Gasteiger partial charge in [-0.15, -0.1) is 0 Å². The lowest BCUT2D eigenvalue weighted by Crippen LogP contribution is -2.29. The molecule has 3 rings (SSSR count). The highest BCUT2D eigenvalue weighted by Gasteiger charge is 2.23. The molecule has 0 aliphatic carbocycles. The molecule has 3 aromatic rings. The van der Waals surface area contributed by atoms with E-state index >= 15 is 0 Å². The minimum absolute atomic E-state index is 0.174. The summed E-state index contributed by atoms with van der Waals surface area (Å²) in [4.78, 5) is 25.5. The molecule has 0 radical (unpaired) electrons. The zero-order valence-corrected chi connectivity index (χ0v) is 17.7. The van der Waals surface area contributed by atoms with Crippen molar-refractivity contribution in [2.75, 3.05) is 5.73 Å². The molecule has 0 atom stereocenters. The Morgan fingerprint density at radius 1 is 1.17 bits per heavy atom.